The number of hydrogen-bond donors (Lipinski definition) is 1. The van der Waals surface area contributed by atoms with E-state index in [1.165, 1.54) is 6.07 Å². The van der Waals surface area contributed by atoms with Gasteiger partial charge in [0.25, 0.3) is 5.76 Å². The molecule has 0 radical (unpaired) electrons. The molecule has 2 aromatic heterocycles. The molecular formula is C22H14F2N2O5S. The largest absolute Gasteiger partial charge is 0.481 e. The molecule has 1 N–H and O–H groups in total. The quantitative estimate of drug-likeness (QED) is 0.442. The summed E-state index contributed by atoms with van der Waals surface area (Å²) < 4.78 is 37.6. The topological polar surface area (TPSA) is 103 Å². The van der Waals surface area contributed by atoms with Crippen LogP contribution in [0.15, 0.2) is 64.0 Å². The van der Waals surface area contributed by atoms with Gasteiger partial charge in [0.2, 0.25) is 11.2 Å². The van der Waals surface area contributed by atoms with Crippen molar-refractivity contribution in [3.05, 3.63) is 98.5 Å². The third-order valence-corrected chi connectivity index (χ3v) is 5.38. The summed E-state index contributed by atoms with van der Waals surface area (Å²) in [6.07, 6.45) is 1.02. The van der Waals surface area contributed by atoms with Gasteiger partial charge >= 0.3 is 5.97 Å². The van der Waals surface area contributed by atoms with E-state index in [-0.39, 0.29) is 29.2 Å². The van der Waals surface area contributed by atoms with Crippen molar-refractivity contribution in [1.29, 1.82) is 0 Å². The summed E-state index contributed by atoms with van der Waals surface area (Å²) >= 11 is 1.000. The van der Waals surface area contributed by atoms with Crippen LogP contribution in [-0.4, -0.2) is 21.3 Å². The molecule has 0 aliphatic carbocycles. The van der Waals surface area contributed by atoms with Gasteiger partial charge in [-0.3, -0.25) is 4.79 Å². The number of nitrogens with zero attached hydrogens (tertiary/aromatic N) is 2. The van der Waals surface area contributed by atoms with Crippen molar-refractivity contribution in [2.24, 2.45) is 0 Å². The van der Waals surface area contributed by atoms with Gasteiger partial charge in [-0.05, 0) is 17.2 Å². The van der Waals surface area contributed by atoms with E-state index in [9.17, 15) is 23.5 Å². The Bertz CT molecular complexity index is 1340. The molecule has 0 amide bonds. The lowest BCUT2D eigenvalue weighted by molar-refractivity contribution is 0.0650. The number of carbonyl (C=O) groups is 1. The number of aromatic carboxylic acids is 1. The first-order valence-electron chi connectivity index (χ1n) is 9.25. The molecule has 0 aliphatic heterocycles. The van der Waals surface area contributed by atoms with E-state index in [2.05, 4.69) is 10.2 Å². The highest BCUT2D eigenvalue weighted by Crippen LogP contribution is 2.27. The summed E-state index contributed by atoms with van der Waals surface area (Å²) in [5.74, 6) is -3.96. The van der Waals surface area contributed by atoms with Crippen LogP contribution in [0.5, 0.6) is 5.75 Å². The molecule has 0 saturated heterocycles. The minimum atomic E-state index is -1.46. The Balaban J connectivity index is 1.64. The first-order chi connectivity index (χ1) is 15.4. The molecule has 10 heteroatoms. The van der Waals surface area contributed by atoms with Gasteiger partial charge in [-0.15, -0.1) is 10.2 Å². The maximum absolute atomic E-state index is 13.9. The fourth-order valence-corrected chi connectivity index (χ4v) is 3.73. The molecule has 2 heterocycles. The molecule has 0 bridgehead atoms. The number of rotatable bonds is 7. The number of aromatic nitrogens is 2. The average molecular weight is 456 g/mol. The normalized spacial score (nSPS) is 10.8. The molecule has 0 atom stereocenters. The lowest BCUT2D eigenvalue weighted by Crippen LogP contribution is -2.15. The molecule has 0 aliphatic rings. The van der Waals surface area contributed by atoms with E-state index in [0.29, 0.717) is 5.01 Å². The van der Waals surface area contributed by atoms with Gasteiger partial charge in [0, 0.05) is 12.5 Å². The minimum Gasteiger partial charge on any atom is -0.481 e. The second-order valence-electron chi connectivity index (χ2n) is 6.63. The molecule has 32 heavy (non-hydrogen) atoms. The Morgan fingerprint density at radius 1 is 1.12 bits per heavy atom. The third-order valence-electron chi connectivity index (χ3n) is 4.43. The summed E-state index contributed by atoms with van der Waals surface area (Å²) in [5, 5.41) is 17.8. The number of carboxylic acids is 1. The minimum absolute atomic E-state index is 0.0404. The second kappa shape index (κ2) is 9.06. The van der Waals surface area contributed by atoms with E-state index in [4.69, 9.17) is 9.15 Å². The molecule has 4 aromatic rings. The van der Waals surface area contributed by atoms with Crippen LogP contribution in [0.4, 0.5) is 8.78 Å². The van der Waals surface area contributed by atoms with Gasteiger partial charge in [0.15, 0.2) is 5.01 Å². The van der Waals surface area contributed by atoms with Crippen LogP contribution in [0.1, 0.15) is 26.7 Å². The lowest BCUT2D eigenvalue weighted by Gasteiger charge is -2.08. The molecule has 162 valence electrons. The SMILES string of the molecule is O=C(O)c1occ(-c2nnc(Cc3ccc(F)cc3F)s2)c(=O)c1OCc1ccccc1. The maximum atomic E-state index is 13.9. The molecule has 4 rings (SSSR count). The number of carboxylic acid groups (broad SMARTS) is 1. The summed E-state index contributed by atoms with van der Waals surface area (Å²) in [7, 11) is 0. The fraction of sp³-hybridized carbons (Fsp3) is 0.0909. The highest BCUT2D eigenvalue weighted by molar-refractivity contribution is 7.14. The van der Waals surface area contributed by atoms with Crippen molar-refractivity contribution >= 4 is 17.3 Å². The van der Waals surface area contributed by atoms with Gasteiger partial charge in [-0.2, -0.15) is 0 Å². The first kappa shape index (κ1) is 21.3. The van der Waals surface area contributed by atoms with Crippen LogP contribution in [-0.2, 0) is 13.0 Å². The van der Waals surface area contributed by atoms with Crippen LogP contribution >= 0.6 is 11.3 Å². The Kier molecular flexibility index (Phi) is 6.04. The van der Waals surface area contributed by atoms with Crippen molar-refractivity contribution in [3.8, 4) is 16.3 Å². The van der Waals surface area contributed by atoms with Crippen LogP contribution in [0.2, 0.25) is 0 Å². The Morgan fingerprint density at radius 3 is 2.62 bits per heavy atom. The summed E-state index contributed by atoms with van der Waals surface area (Å²) in [5.41, 5.74) is 0.184. The Morgan fingerprint density at radius 2 is 1.91 bits per heavy atom. The number of hydrogen-bond acceptors (Lipinski definition) is 7. The molecule has 0 fully saturated rings. The summed E-state index contributed by atoms with van der Waals surface area (Å²) in [6, 6.07) is 12.1. The Hall–Kier alpha value is -3.92. The van der Waals surface area contributed by atoms with E-state index >= 15 is 0 Å². The zero-order valence-corrected chi connectivity index (χ0v) is 17.1. The van der Waals surface area contributed by atoms with E-state index in [0.717, 1.165) is 35.3 Å². The average Bonchev–Trinajstić information content (AvgIpc) is 3.23. The zero-order valence-electron chi connectivity index (χ0n) is 16.2. The van der Waals surface area contributed by atoms with Crippen molar-refractivity contribution in [2.45, 2.75) is 13.0 Å². The lowest BCUT2D eigenvalue weighted by atomic mass is 10.1. The Labute approximate surface area is 183 Å². The van der Waals surface area contributed by atoms with Crippen molar-refractivity contribution in [1.82, 2.24) is 10.2 Å². The van der Waals surface area contributed by atoms with Crippen molar-refractivity contribution in [3.63, 3.8) is 0 Å². The predicted octanol–water partition coefficient (Wildman–Crippen LogP) is 4.30. The maximum Gasteiger partial charge on any atom is 0.375 e. The molecule has 7 nitrogen and oxygen atoms in total. The highest BCUT2D eigenvalue weighted by Gasteiger charge is 2.24. The van der Waals surface area contributed by atoms with Crippen LogP contribution < -0.4 is 10.2 Å². The van der Waals surface area contributed by atoms with E-state index in [1.807, 2.05) is 6.07 Å². The van der Waals surface area contributed by atoms with Gasteiger partial charge < -0.3 is 14.3 Å². The predicted molar refractivity (Wildman–Crippen MR) is 111 cm³/mol. The van der Waals surface area contributed by atoms with E-state index < -0.39 is 34.5 Å². The van der Waals surface area contributed by atoms with Gasteiger partial charge in [0.05, 0.1) is 5.56 Å². The second-order valence-corrected chi connectivity index (χ2v) is 7.69. The molecule has 0 spiro atoms. The molecule has 2 aromatic carbocycles. The third kappa shape index (κ3) is 4.54. The fourth-order valence-electron chi connectivity index (χ4n) is 2.87. The number of halogens is 2. The smallest absolute Gasteiger partial charge is 0.375 e. The van der Waals surface area contributed by atoms with Gasteiger partial charge in [-0.25, -0.2) is 13.6 Å². The first-order valence-corrected chi connectivity index (χ1v) is 10.1. The van der Waals surface area contributed by atoms with Crippen molar-refractivity contribution in [2.75, 3.05) is 0 Å². The summed E-state index contributed by atoms with van der Waals surface area (Å²) in [6.45, 7) is -0.0411. The molecular weight excluding hydrogens is 442 g/mol. The monoisotopic (exact) mass is 456 g/mol. The standard InChI is InChI=1S/C22H14F2N2O5S/c23-14-7-6-13(16(24)9-14)8-17-25-26-21(32-17)15-11-31-20(22(28)29)19(18(15)27)30-10-12-4-2-1-3-5-12/h1-7,9,11H,8,10H2,(H,28,29). The van der Waals surface area contributed by atoms with Gasteiger partial charge in [-0.1, -0.05) is 47.7 Å². The van der Waals surface area contributed by atoms with Crippen LogP contribution in [0.3, 0.4) is 0 Å². The van der Waals surface area contributed by atoms with Crippen LogP contribution in [0.25, 0.3) is 10.6 Å². The highest BCUT2D eigenvalue weighted by atomic mass is 32.1. The van der Waals surface area contributed by atoms with Gasteiger partial charge in [0.1, 0.15) is 29.5 Å². The van der Waals surface area contributed by atoms with Crippen LogP contribution in [0, 0.1) is 11.6 Å². The zero-order chi connectivity index (χ0) is 22.7. The number of ether oxygens (including phenoxy) is 1. The van der Waals surface area contributed by atoms with Crippen molar-refractivity contribution < 1.29 is 27.8 Å². The molecule has 0 saturated carbocycles. The summed E-state index contributed by atoms with van der Waals surface area (Å²) in [4.78, 5) is 24.5. The van der Waals surface area contributed by atoms with E-state index in [1.54, 1.807) is 24.3 Å². The number of benzene rings is 2. The molecule has 0 unspecified atom stereocenters.